The maximum absolute atomic E-state index is 12.6. The maximum atomic E-state index is 12.6. The van der Waals surface area contributed by atoms with Gasteiger partial charge in [-0.15, -0.1) is 0 Å². The Kier molecular flexibility index (Phi) is 19.1. The lowest BCUT2D eigenvalue weighted by atomic mass is 10.0. The number of aromatic nitrogens is 2. The molecule has 3 fully saturated rings. The van der Waals surface area contributed by atoms with E-state index in [-0.39, 0.29) is 36.3 Å². The Hall–Kier alpha value is -2.43. The lowest BCUT2D eigenvalue weighted by molar-refractivity contribution is -0.122. The standard InChI is InChI=1S/C31H54N7O16P3S/c39-22-18-28(52-23(22)19-51-56(47,48)54-57(49,50)53-55(44,45)46)38-17-13-25(36-31(38)43)32-14-7-1-2-8-15-33-26(40)11-4-3-9-16-34-27(41)12-6-5-10-24-29-21(20-58-24)35-30(42)37-29/h13,17,21-24,28-29,39H,1-12,14-16,18-20H2,(H,33,40)(H,34,41)(H,47,48)(H,49,50)(H,32,36,43)(H2,35,37,42)(H2,44,45,46)/t21-,22-,23+,24-,28+,29-/m0/s1. The van der Waals surface area contributed by atoms with Gasteiger partial charge < -0.3 is 56.0 Å². The number of rotatable bonds is 27. The highest BCUT2D eigenvalue weighted by molar-refractivity contribution is 8.00. The third-order valence-corrected chi connectivity index (χ3v) is 14.7. The van der Waals surface area contributed by atoms with E-state index in [4.69, 9.17) is 14.5 Å². The topological polar surface area (TPSA) is 336 Å². The summed E-state index contributed by atoms with van der Waals surface area (Å²) in [5.41, 5.74) is -0.714. The molecule has 58 heavy (non-hydrogen) atoms. The van der Waals surface area contributed by atoms with E-state index in [0.29, 0.717) is 43.5 Å². The van der Waals surface area contributed by atoms with Crippen LogP contribution in [0.4, 0.5) is 10.6 Å². The van der Waals surface area contributed by atoms with Crippen LogP contribution in [0.5, 0.6) is 0 Å². The fraction of sp³-hybridized carbons (Fsp3) is 0.774. The zero-order chi connectivity index (χ0) is 42.3. The molecule has 2 unspecified atom stereocenters. The first-order valence-electron chi connectivity index (χ1n) is 19.1. The lowest BCUT2D eigenvalue weighted by Gasteiger charge is -2.19. The van der Waals surface area contributed by atoms with Gasteiger partial charge in [-0.05, 0) is 44.6 Å². The number of phosphoric acid groups is 3. The summed E-state index contributed by atoms with van der Waals surface area (Å²) in [7, 11) is -16.7. The number of phosphoric ester groups is 1. The van der Waals surface area contributed by atoms with E-state index in [0.717, 1.165) is 74.5 Å². The Morgan fingerprint density at radius 3 is 2.17 bits per heavy atom. The Bertz CT molecular complexity index is 1740. The van der Waals surface area contributed by atoms with Gasteiger partial charge in [0.15, 0.2) is 0 Å². The van der Waals surface area contributed by atoms with Crippen molar-refractivity contribution in [3.63, 3.8) is 0 Å². The monoisotopic (exact) mass is 905 g/mol. The number of hydrogen-bond donors (Lipinski definition) is 10. The predicted octanol–water partition coefficient (Wildman–Crippen LogP) is 1.73. The van der Waals surface area contributed by atoms with Crippen LogP contribution >= 0.6 is 35.2 Å². The third kappa shape index (κ3) is 17.3. The number of carbonyl (C=O) groups is 3. The molecule has 3 aliphatic heterocycles. The number of carbonyl (C=O) groups excluding carboxylic acids is 3. The molecule has 1 aromatic rings. The van der Waals surface area contributed by atoms with Crippen molar-refractivity contribution in [1.82, 2.24) is 30.8 Å². The highest BCUT2D eigenvalue weighted by Crippen LogP contribution is 2.66. The van der Waals surface area contributed by atoms with E-state index < -0.39 is 54.2 Å². The van der Waals surface area contributed by atoms with E-state index in [1.54, 1.807) is 0 Å². The van der Waals surface area contributed by atoms with Crippen molar-refractivity contribution in [3.8, 4) is 0 Å². The highest BCUT2D eigenvalue weighted by Gasteiger charge is 2.44. The van der Waals surface area contributed by atoms with Crippen LogP contribution in [0.1, 0.15) is 89.7 Å². The number of urea groups is 1. The van der Waals surface area contributed by atoms with Gasteiger partial charge in [0, 0.05) is 56.1 Å². The molecule has 3 saturated heterocycles. The molecule has 0 radical (unpaired) electrons. The molecule has 0 bridgehead atoms. The SMILES string of the molecule is O=C(CCCCCNC(=O)CCCC[C@@H]1SC[C@@H]2NC(=O)N[C@@H]21)NCCCCCCNc1ccn([C@H]2C[C@H](O)[C@@H](COP(=O)(O)OP(=O)(O)OP(=O)(O)O)O2)c(=O)n1. The Morgan fingerprint density at radius 1 is 0.879 bits per heavy atom. The van der Waals surface area contributed by atoms with E-state index in [1.807, 2.05) is 11.8 Å². The molecule has 27 heteroatoms. The Morgan fingerprint density at radius 2 is 1.52 bits per heavy atom. The number of aliphatic hydroxyl groups excluding tert-OH is 1. The zero-order valence-electron chi connectivity index (χ0n) is 31.7. The summed E-state index contributed by atoms with van der Waals surface area (Å²) < 4.78 is 52.6. The van der Waals surface area contributed by atoms with Crippen LogP contribution in [0.25, 0.3) is 0 Å². The molecule has 3 aliphatic rings. The van der Waals surface area contributed by atoms with Crippen molar-refractivity contribution in [2.24, 2.45) is 0 Å². The van der Waals surface area contributed by atoms with Gasteiger partial charge in [0.05, 0.1) is 24.8 Å². The first-order valence-corrected chi connectivity index (χ1v) is 24.6. The quantitative estimate of drug-likeness (QED) is 0.0341. The van der Waals surface area contributed by atoms with Crippen LogP contribution < -0.4 is 32.3 Å². The molecule has 10 N–H and O–H groups in total. The fourth-order valence-electron chi connectivity index (χ4n) is 6.55. The van der Waals surface area contributed by atoms with Crippen LogP contribution in [-0.2, 0) is 41.2 Å². The van der Waals surface area contributed by atoms with E-state index in [9.17, 15) is 47.8 Å². The number of hydrogen-bond acceptors (Lipinski definition) is 15. The summed E-state index contributed by atoms with van der Waals surface area (Å²) in [6.07, 6.45) is 7.01. The summed E-state index contributed by atoms with van der Waals surface area (Å²) in [4.78, 5) is 88.5. The van der Waals surface area contributed by atoms with Gasteiger partial charge in [0.1, 0.15) is 18.1 Å². The number of aliphatic hydroxyl groups is 1. The minimum Gasteiger partial charge on any atom is -0.390 e. The molecule has 4 rings (SSSR count). The number of nitrogens with one attached hydrogen (secondary N) is 5. The van der Waals surface area contributed by atoms with E-state index in [2.05, 4.69) is 44.7 Å². The molecule has 0 saturated carbocycles. The summed E-state index contributed by atoms with van der Waals surface area (Å²) in [6, 6.07) is 1.84. The van der Waals surface area contributed by atoms with Crippen molar-refractivity contribution < 1.29 is 70.6 Å². The molecule has 4 amide bonds. The second-order valence-electron chi connectivity index (χ2n) is 14.0. The van der Waals surface area contributed by atoms with Crippen molar-refractivity contribution in [3.05, 3.63) is 22.7 Å². The van der Waals surface area contributed by atoms with Gasteiger partial charge in [-0.25, -0.2) is 23.3 Å². The summed E-state index contributed by atoms with van der Waals surface area (Å²) in [5.74, 6) is 1.29. The minimum absolute atomic E-state index is 0.00224. The first-order chi connectivity index (χ1) is 27.4. The number of anilines is 1. The van der Waals surface area contributed by atoms with Gasteiger partial charge in [-0.2, -0.15) is 25.4 Å². The molecular weight excluding hydrogens is 851 g/mol. The van der Waals surface area contributed by atoms with Crippen molar-refractivity contribution >= 4 is 58.9 Å². The summed E-state index contributed by atoms with van der Waals surface area (Å²) >= 11 is 1.88. The van der Waals surface area contributed by atoms with Crippen LogP contribution in [0.2, 0.25) is 0 Å². The van der Waals surface area contributed by atoms with Crippen LogP contribution in [0.3, 0.4) is 0 Å². The second-order valence-corrected chi connectivity index (χ2v) is 19.7. The van der Waals surface area contributed by atoms with Gasteiger partial charge >= 0.3 is 35.2 Å². The third-order valence-electron chi connectivity index (χ3n) is 9.38. The van der Waals surface area contributed by atoms with Crippen molar-refractivity contribution in [2.75, 3.05) is 37.3 Å². The van der Waals surface area contributed by atoms with Crippen LogP contribution in [0.15, 0.2) is 17.1 Å². The summed E-state index contributed by atoms with van der Waals surface area (Å²) in [6.45, 7) is 0.832. The predicted molar refractivity (Wildman–Crippen MR) is 208 cm³/mol. The maximum Gasteiger partial charge on any atom is 0.490 e. The molecule has 8 atom stereocenters. The van der Waals surface area contributed by atoms with Crippen molar-refractivity contribution in [1.29, 1.82) is 0 Å². The molecule has 1 aromatic heterocycles. The average Bonchev–Trinajstić information content (AvgIpc) is 3.80. The van der Waals surface area contributed by atoms with Crippen LogP contribution in [-0.4, -0.2) is 114 Å². The molecule has 23 nitrogen and oxygen atoms in total. The molecule has 0 aromatic carbocycles. The number of unbranched alkanes of at least 4 members (excludes halogenated alkanes) is 6. The van der Waals surface area contributed by atoms with E-state index >= 15 is 0 Å². The molecule has 0 aliphatic carbocycles. The lowest BCUT2D eigenvalue weighted by Crippen LogP contribution is -2.36. The molecule has 330 valence electrons. The number of nitrogens with zero attached hydrogens (tertiary/aromatic N) is 2. The van der Waals surface area contributed by atoms with Gasteiger partial charge in [0.25, 0.3) is 0 Å². The smallest absolute Gasteiger partial charge is 0.390 e. The number of thioether (sulfide) groups is 1. The van der Waals surface area contributed by atoms with Gasteiger partial charge in [-0.1, -0.05) is 25.7 Å². The minimum atomic E-state index is -5.71. The van der Waals surface area contributed by atoms with Gasteiger partial charge in [0.2, 0.25) is 11.8 Å². The Balaban J connectivity index is 0.966. The Labute approximate surface area is 339 Å². The first kappa shape index (κ1) is 48.2. The largest absolute Gasteiger partial charge is 0.490 e. The molecule has 4 heterocycles. The highest BCUT2D eigenvalue weighted by atomic mass is 32.2. The normalized spacial score (nSPS) is 24.9. The van der Waals surface area contributed by atoms with Crippen LogP contribution in [0, 0.1) is 0 Å². The summed E-state index contributed by atoms with van der Waals surface area (Å²) in [5, 5.41) is 25.6. The second kappa shape index (κ2) is 23.0. The molecule has 0 spiro atoms. The van der Waals surface area contributed by atoms with Crippen molar-refractivity contribution in [2.45, 2.75) is 119 Å². The average molecular weight is 906 g/mol. The fourth-order valence-corrected chi connectivity index (χ4v) is 11.1. The number of ether oxygens (including phenoxy) is 1. The number of fused-ring (bicyclic) bond motifs is 1. The zero-order valence-corrected chi connectivity index (χ0v) is 35.2. The molecular formula is C31H54N7O16P3S. The number of amides is 4. The van der Waals surface area contributed by atoms with E-state index in [1.165, 1.54) is 12.3 Å². The van der Waals surface area contributed by atoms with Gasteiger partial charge in [-0.3, -0.25) is 18.7 Å².